The van der Waals surface area contributed by atoms with Gasteiger partial charge in [0.25, 0.3) is 0 Å². The molecule has 1 amide bonds. The fourth-order valence-electron chi connectivity index (χ4n) is 2.06. The first-order valence-electron chi connectivity index (χ1n) is 8.55. The zero-order chi connectivity index (χ0) is 18.9. The maximum Gasteiger partial charge on any atom is 0.230 e. The fraction of sp³-hybridized carbons (Fsp3) is 0.667. The first-order valence-corrected chi connectivity index (χ1v) is 10.4. The SMILES string of the molecule is CC(=O)SCC(=O)NCCCCCC(=O)Cc1nc(C(C)(C)C)cs1. The summed E-state index contributed by atoms with van der Waals surface area (Å²) in [5, 5.41) is 5.66. The molecule has 1 rings (SSSR count). The molecule has 1 heterocycles. The first-order chi connectivity index (χ1) is 11.7. The van der Waals surface area contributed by atoms with Crippen molar-refractivity contribution < 1.29 is 14.4 Å². The zero-order valence-corrected chi connectivity index (χ0v) is 17.1. The quantitative estimate of drug-likeness (QED) is 0.625. The summed E-state index contributed by atoms with van der Waals surface area (Å²) in [6, 6.07) is 0. The molecule has 0 atom stereocenters. The molecular formula is C18H28N2O3S2. The van der Waals surface area contributed by atoms with Crippen molar-refractivity contribution in [1.82, 2.24) is 10.3 Å². The minimum Gasteiger partial charge on any atom is -0.355 e. The number of carbonyl (C=O) groups excluding carboxylic acids is 3. The highest BCUT2D eigenvalue weighted by Gasteiger charge is 2.18. The summed E-state index contributed by atoms with van der Waals surface area (Å²) in [4.78, 5) is 38.8. The molecule has 0 saturated heterocycles. The Labute approximate surface area is 158 Å². The molecule has 0 spiro atoms. The van der Waals surface area contributed by atoms with Crippen LogP contribution < -0.4 is 5.32 Å². The number of hydrogen-bond donors (Lipinski definition) is 1. The van der Waals surface area contributed by atoms with Gasteiger partial charge < -0.3 is 5.32 Å². The first kappa shape index (κ1) is 21.8. The van der Waals surface area contributed by atoms with Crippen LogP contribution in [0, 0.1) is 0 Å². The molecule has 5 nitrogen and oxygen atoms in total. The topological polar surface area (TPSA) is 76.1 Å². The van der Waals surface area contributed by atoms with Crippen LogP contribution in [-0.2, 0) is 26.2 Å². The number of thiazole rings is 1. The summed E-state index contributed by atoms with van der Waals surface area (Å²) in [6.07, 6.45) is 3.54. The van der Waals surface area contributed by atoms with Gasteiger partial charge in [0.05, 0.1) is 17.9 Å². The smallest absolute Gasteiger partial charge is 0.230 e. The molecule has 0 aliphatic rings. The van der Waals surface area contributed by atoms with Crippen molar-refractivity contribution in [3.8, 4) is 0 Å². The molecule has 0 aliphatic heterocycles. The number of thioether (sulfide) groups is 1. The Morgan fingerprint density at radius 3 is 2.52 bits per heavy atom. The Balaban J connectivity index is 2.12. The van der Waals surface area contributed by atoms with Crippen molar-refractivity contribution in [3.05, 3.63) is 16.1 Å². The number of Topliss-reactive ketones (excluding diaryl/α,β-unsaturated/α-hetero) is 1. The van der Waals surface area contributed by atoms with Crippen LogP contribution in [0.1, 0.15) is 64.1 Å². The van der Waals surface area contributed by atoms with E-state index in [1.807, 2.05) is 5.38 Å². The van der Waals surface area contributed by atoms with Crippen LogP contribution in [0.4, 0.5) is 0 Å². The summed E-state index contributed by atoms with van der Waals surface area (Å²) in [5.74, 6) is 0.282. The van der Waals surface area contributed by atoms with Crippen molar-refractivity contribution in [2.24, 2.45) is 0 Å². The minimum absolute atomic E-state index is 0.0190. The van der Waals surface area contributed by atoms with Crippen molar-refractivity contribution in [2.45, 2.75) is 65.2 Å². The molecule has 0 unspecified atom stereocenters. The number of ketones is 1. The molecule has 0 radical (unpaired) electrons. The van der Waals surface area contributed by atoms with Gasteiger partial charge in [0.15, 0.2) is 5.12 Å². The van der Waals surface area contributed by atoms with Crippen LogP contribution in [0.5, 0.6) is 0 Å². The highest BCUT2D eigenvalue weighted by molar-refractivity contribution is 8.14. The van der Waals surface area contributed by atoms with Crippen LogP contribution in [0.25, 0.3) is 0 Å². The number of amides is 1. The van der Waals surface area contributed by atoms with Gasteiger partial charge in [0.2, 0.25) is 5.91 Å². The van der Waals surface area contributed by atoms with E-state index in [9.17, 15) is 14.4 Å². The summed E-state index contributed by atoms with van der Waals surface area (Å²) in [5.41, 5.74) is 1.06. The monoisotopic (exact) mass is 384 g/mol. The Morgan fingerprint density at radius 1 is 1.20 bits per heavy atom. The lowest BCUT2D eigenvalue weighted by atomic mass is 9.93. The number of hydrogen-bond acceptors (Lipinski definition) is 6. The van der Waals surface area contributed by atoms with E-state index >= 15 is 0 Å². The van der Waals surface area contributed by atoms with Crippen LogP contribution in [0.2, 0.25) is 0 Å². The number of rotatable bonds is 10. The summed E-state index contributed by atoms with van der Waals surface area (Å²) >= 11 is 2.57. The molecule has 0 fully saturated rings. The lowest BCUT2D eigenvalue weighted by Gasteiger charge is -2.14. The third kappa shape index (κ3) is 9.75. The largest absolute Gasteiger partial charge is 0.355 e. The number of nitrogens with zero attached hydrogens (tertiary/aromatic N) is 1. The molecule has 0 aliphatic carbocycles. The second kappa shape index (κ2) is 10.7. The second-order valence-electron chi connectivity index (χ2n) is 7.03. The van der Waals surface area contributed by atoms with Gasteiger partial charge in [-0.05, 0) is 12.8 Å². The van der Waals surface area contributed by atoms with Crippen molar-refractivity contribution in [1.29, 1.82) is 0 Å². The molecular weight excluding hydrogens is 356 g/mol. The maximum absolute atomic E-state index is 12.0. The summed E-state index contributed by atoms with van der Waals surface area (Å²) in [6.45, 7) is 8.39. The van der Waals surface area contributed by atoms with E-state index < -0.39 is 0 Å². The Bertz CT molecular complexity index is 591. The van der Waals surface area contributed by atoms with Gasteiger partial charge in [-0.3, -0.25) is 14.4 Å². The van der Waals surface area contributed by atoms with Gasteiger partial charge in [-0.15, -0.1) is 11.3 Å². The van der Waals surface area contributed by atoms with Crippen LogP contribution >= 0.6 is 23.1 Å². The van der Waals surface area contributed by atoms with Gasteiger partial charge in [-0.2, -0.15) is 0 Å². The minimum atomic E-state index is -0.116. The zero-order valence-electron chi connectivity index (χ0n) is 15.5. The van der Waals surface area contributed by atoms with Crippen LogP contribution in [0.15, 0.2) is 5.38 Å². The molecule has 0 saturated carbocycles. The van der Waals surface area contributed by atoms with E-state index in [0.717, 1.165) is 41.7 Å². The van der Waals surface area contributed by atoms with Gasteiger partial charge >= 0.3 is 0 Å². The number of carbonyl (C=O) groups is 3. The average Bonchev–Trinajstić information content (AvgIpc) is 2.97. The van der Waals surface area contributed by atoms with Crippen molar-refractivity contribution >= 4 is 39.9 Å². The van der Waals surface area contributed by atoms with E-state index in [1.165, 1.54) is 6.92 Å². The Morgan fingerprint density at radius 2 is 1.92 bits per heavy atom. The van der Waals surface area contributed by atoms with Gasteiger partial charge in [0.1, 0.15) is 10.8 Å². The molecule has 0 bridgehead atoms. The Kier molecular flexibility index (Phi) is 9.35. The third-order valence-electron chi connectivity index (χ3n) is 3.53. The summed E-state index contributed by atoms with van der Waals surface area (Å²) in [7, 11) is 0. The predicted molar refractivity (Wildman–Crippen MR) is 104 cm³/mol. The molecule has 25 heavy (non-hydrogen) atoms. The average molecular weight is 385 g/mol. The van der Waals surface area contributed by atoms with E-state index in [1.54, 1.807) is 11.3 Å². The van der Waals surface area contributed by atoms with Crippen LogP contribution in [-0.4, -0.2) is 34.1 Å². The molecule has 1 N–H and O–H groups in total. The standard InChI is InChI=1S/C18H28N2O3S2/c1-13(21)24-12-16(23)19-9-7-5-6-8-14(22)10-17-20-15(11-25-17)18(2,3)4/h11H,5-10,12H2,1-4H3,(H,19,23). The molecule has 1 aromatic heterocycles. The highest BCUT2D eigenvalue weighted by Crippen LogP contribution is 2.24. The lowest BCUT2D eigenvalue weighted by molar-refractivity contribution is -0.119. The third-order valence-corrected chi connectivity index (χ3v) is 5.19. The van der Waals surface area contributed by atoms with Gasteiger partial charge in [-0.1, -0.05) is 39.0 Å². The molecule has 7 heteroatoms. The normalized spacial score (nSPS) is 11.4. The second-order valence-corrected chi connectivity index (χ2v) is 9.13. The number of unbranched alkanes of at least 4 members (excludes halogenated alkanes) is 2. The molecule has 1 aromatic rings. The van der Waals surface area contributed by atoms with E-state index in [2.05, 4.69) is 31.1 Å². The number of aromatic nitrogens is 1. The van der Waals surface area contributed by atoms with Gasteiger partial charge in [0, 0.05) is 30.7 Å². The van der Waals surface area contributed by atoms with E-state index in [-0.39, 0.29) is 28.0 Å². The van der Waals surface area contributed by atoms with Gasteiger partial charge in [-0.25, -0.2) is 4.98 Å². The highest BCUT2D eigenvalue weighted by atomic mass is 32.2. The van der Waals surface area contributed by atoms with E-state index in [0.29, 0.717) is 19.4 Å². The lowest BCUT2D eigenvalue weighted by Crippen LogP contribution is -2.26. The summed E-state index contributed by atoms with van der Waals surface area (Å²) < 4.78 is 0. The molecule has 0 aromatic carbocycles. The molecule has 140 valence electrons. The van der Waals surface area contributed by atoms with Crippen molar-refractivity contribution in [2.75, 3.05) is 12.3 Å². The van der Waals surface area contributed by atoms with E-state index in [4.69, 9.17) is 0 Å². The maximum atomic E-state index is 12.0. The van der Waals surface area contributed by atoms with Crippen LogP contribution in [0.3, 0.4) is 0 Å². The predicted octanol–water partition coefficient (Wildman–Crippen LogP) is 3.51. The number of nitrogens with one attached hydrogen (secondary N) is 1. The fourth-order valence-corrected chi connectivity index (χ4v) is 3.55. The van der Waals surface area contributed by atoms with Crippen molar-refractivity contribution in [3.63, 3.8) is 0 Å². The Hall–Kier alpha value is -1.21.